The van der Waals surface area contributed by atoms with Crippen LogP contribution in [-0.4, -0.2) is 10.8 Å². The molecule has 20 heavy (non-hydrogen) atoms. The van der Waals surface area contributed by atoms with Gasteiger partial charge in [0.05, 0.1) is 5.52 Å². The van der Waals surface area contributed by atoms with Crippen LogP contribution in [-0.2, 0) is 0 Å². The molecule has 3 rings (SSSR count). The van der Waals surface area contributed by atoms with E-state index in [2.05, 4.69) is 18.8 Å². The van der Waals surface area contributed by atoms with Crippen molar-refractivity contribution in [2.75, 3.05) is 0 Å². The molecule has 1 fully saturated rings. The molecule has 0 spiro atoms. The Morgan fingerprint density at radius 3 is 2.70 bits per heavy atom. The Labute approximate surface area is 120 Å². The summed E-state index contributed by atoms with van der Waals surface area (Å²) in [6.07, 6.45) is 6.11. The average Bonchev–Trinajstić information content (AvgIpc) is 2.46. The first-order valence-electron chi connectivity index (χ1n) is 7.44. The lowest BCUT2D eigenvalue weighted by Crippen LogP contribution is -2.26. The van der Waals surface area contributed by atoms with E-state index < -0.39 is 0 Å². The summed E-state index contributed by atoms with van der Waals surface area (Å²) in [5.74, 6) is 0.497. The Balaban J connectivity index is 1.82. The molecule has 2 nitrogen and oxygen atoms in total. The quantitative estimate of drug-likeness (QED) is 0.742. The number of aromatic nitrogens is 1. The topological polar surface area (TPSA) is 30.0 Å². The second-order valence-electron chi connectivity index (χ2n) is 6.71. The van der Waals surface area contributed by atoms with Crippen LogP contribution >= 0.6 is 0 Å². The molecule has 1 aromatic carbocycles. The summed E-state index contributed by atoms with van der Waals surface area (Å²) in [7, 11) is 0. The number of fused-ring (bicyclic) bond motifs is 1. The van der Waals surface area contributed by atoms with Gasteiger partial charge in [0.25, 0.3) is 0 Å². The molecule has 2 aromatic rings. The molecule has 0 unspecified atom stereocenters. The Bertz CT molecular complexity index is 635. The van der Waals surface area contributed by atoms with Crippen LogP contribution in [0.15, 0.2) is 36.5 Å². The van der Waals surface area contributed by atoms with Crippen molar-refractivity contribution < 1.29 is 4.79 Å². The number of ketones is 1. The lowest BCUT2D eigenvalue weighted by molar-refractivity contribution is 0.0838. The van der Waals surface area contributed by atoms with Crippen LogP contribution < -0.4 is 0 Å². The first-order chi connectivity index (χ1) is 9.55. The van der Waals surface area contributed by atoms with Gasteiger partial charge in [0.2, 0.25) is 0 Å². The lowest BCUT2D eigenvalue weighted by Gasteiger charge is -2.33. The summed E-state index contributed by atoms with van der Waals surface area (Å²) < 4.78 is 0. The van der Waals surface area contributed by atoms with E-state index in [1.165, 1.54) is 0 Å². The van der Waals surface area contributed by atoms with E-state index in [0.29, 0.717) is 11.2 Å². The Morgan fingerprint density at radius 1 is 1.20 bits per heavy atom. The number of carbonyl (C=O) groups is 1. The van der Waals surface area contributed by atoms with Crippen LogP contribution in [0.25, 0.3) is 10.9 Å². The normalized spacial score (nSPS) is 19.1. The minimum atomic E-state index is 0.198. The van der Waals surface area contributed by atoms with Gasteiger partial charge in [0.1, 0.15) is 0 Å². The fraction of sp³-hybridized carbons (Fsp3) is 0.444. The summed E-state index contributed by atoms with van der Waals surface area (Å²) in [4.78, 5) is 17.0. The van der Waals surface area contributed by atoms with E-state index in [1.807, 2.05) is 30.3 Å². The largest absolute Gasteiger partial charge is 0.294 e. The van der Waals surface area contributed by atoms with E-state index in [1.54, 1.807) is 6.20 Å². The lowest BCUT2D eigenvalue weighted by atomic mass is 9.71. The van der Waals surface area contributed by atoms with Crippen molar-refractivity contribution >= 4 is 16.7 Å². The Morgan fingerprint density at radius 2 is 1.95 bits per heavy atom. The molecule has 0 aliphatic heterocycles. The van der Waals surface area contributed by atoms with Crippen molar-refractivity contribution in [1.82, 2.24) is 4.98 Å². The van der Waals surface area contributed by atoms with Crippen molar-refractivity contribution in [3.05, 3.63) is 42.1 Å². The number of rotatable bonds is 2. The zero-order valence-corrected chi connectivity index (χ0v) is 12.2. The third kappa shape index (κ3) is 2.60. The summed E-state index contributed by atoms with van der Waals surface area (Å²) in [5.41, 5.74) is 2.14. The third-order valence-electron chi connectivity index (χ3n) is 4.60. The predicted molar refractivity (Wildman–Crippen MR) is 81.8 cm³/mol. The predicted octanol–water partition coefficient (Wildman–Crippen LogP) is 4.63. The fourth-order valence-electron chi connectivity index (χ4n) is 3.12. The molecule has 0 bridgehead atoms. The summed E-state index contributed by atoms with van der Waals surface area (Å²) in [5, 5.41) is 1.09. The van der Waals surface area contributed by atoms with Gasteiger partial charge in [-0.25, -0.2) is 0 Å². The van der Waals surface area contributed by atoms with Crippen LogP contribution in [0.1, 0.15) is 49.9 Å². The minimum Gasteiger partial charge on any atom is -0.294 e. The van der Waals surface area contributed by atoms with Crippen LogP contribution in [0.2, 0.25) is 0 Å². The molecular formula is C18H21NO. The number of pyridine rings is 1. The maximum atomic E-state index is 12.6. The zero-order chi connectivity index (χ0) is 14.2. The molecule has 2 heteroatoms. The van der Waals surface area contributed by atoms with Gasteiger partial charge in [-0.3, -0.25) is 9.78 Å². The van der Waals surface area contributed by atoms with Gasteiger partial charge in [0, 0.05) is 23.1 Å². The third-order valence-corrected chi connectivity index (χ3v) is 4.60. The van der Waals surface area contributed by atoms with E-state index in [-0.39, 0.29) is 5.92 Å². The van der Waals surface area contributed by atoms with Gasteiger partial charge in [-0.15, -0.1) is 0 Å². The second kappa shape index (κ2) is 5.01. The molecule has 104 valence electrons. The smallest absolute Gasteiger partial charge is 0.166 e. The van der Waals surface area contributed by atoms with Gasteiger partial charge in [0.15, 0.2) is 5.78 Å². The van der Waals surface area contributed by atoms with Crippen LogP contribution in [0.4, 0.5) is 0 Å². The molecule has 0 amide bonds. The first kappa shape index (κ1) is 13.3. The molecule has 0 radical (unpaired) electrons. The van der Waals surface area contributed by atoms with Crippen molar-refractivity contribution in [3.8, 4) is 0 Å². The van der Waals surface area contributed by atoms with E-state index in [4.69, 9.17) is 0 Å². The summed E-state index contributed by atoms with van der Waals surface area (Å²) in [6, 6.07) is 9.85. The van der Waals surface area contributed by atoms with E-state index in [0.717, 1.165) is 42.1 Å². The number of hydrogen-bond acceptors (Lipinski definition) is 2. The SMILES string of the molecule is CC1(C)CCC(C(=O)c2ccc3cccnc3c2)CC1. The molecule has 1 aromatic heterocycles. The van der Waals surface area contributed by atoms with Crippen molar-refractivity contribution in [1.29, 1.82) is 0 Å². The van der Waals surface area contributed by atoms with Crippen LogP contribution in [0.5, 0.6) is 0 Å². The number of nitrogens with zero attached hydrogens (tertiary/aromatic N) is 1. The van der Waals surface area contributed by atoms with Crippen molar-refractivity contribution in [2.45, 2.75) is 39.5 Å². The number of hydrogen-bond donors (Lipinski definition) is 0. The fourth-order valence-corrected chi connectivity index (χ4v) is 3.12. The number of benzene rings is 1. The summed E-state index contributed by atoms with van der Waals surface area (Å²) >= 11 is 0. The van der Waals surface area contributed by atoms with Gasteiger partial charge < -0.3 is 0 Å². The monoisotopic (exact) mass is 267 g/mol. The maximum absolute atomic E-state index is 12.6. The van der Waals surface area contributed by atoms with Crippen LogP contribution in [0.3, 0.4) is 0 Å². The minimum absolute atomic E-state index is 0.198. The van der Waals surface area contributed by atoms with E-state index in [9.17, 15) is 4.79 Å². The zero-order valence-electron chi connectivity index (χ0n) is 12.2. The number of carbonyl (C=O) groups excluding carboxylic acids is 1. The maximum Gasteiger partial charge on any atom is 0.166 e. The molecule has 0 saturated heterocycles. The van der Waals surface area contributed by atoms with Gasteiger partial charge in [-0.1, -0.05) is 32.0 Å². The highest BCUT2D eigenvalue weighted by Gasteiger charge is 2.30. The Kier molecular flexibility index (Phi) is 3.33. The molecular weight excluding hydrogens is 246 g/mol. The summed E-state index contributed by atoms with van der Waals surface area (Å²) in [6.45, 7) is 4.60. The second-order valence-corrected chi connectivity index (χ2v) is 6.71. The molecule has 1 aliphatic carbocycles. The molecule has 0 N–H and O–H groups in total. The molecule has 1 aliphatic rings. The first-order valence-corrected chi connectivity index (χ1v) is 7.44. The van der Waals surface area contributed by atoms with E-state index >= 15 is 0 Å². The standard InChI is InChI=1S/C18H21NO/c1-18(2)9-7-14(8-10-18)17(20)15-6-5-13-4-3-11-19-16(13)12-15/h3-6,11-12,14H,7-10H2,1-2H3. The molecule has 0 atom stereocenters. The average molecular weight is 267 g/mol. The molecule has 1 heterocycles. The van der Waals surface area contributed by atoms with Crippen molar-refractivity contribution in [2.24, 2.45) is 11.3 Å². The highest BCUT2D eigenvalue weighted by atomic mass is 16.1. The van der Waals surface area contributed by atoms with Gasteiger partial charge in [-0.05, 0) is 43.2 Å². The number of Topliss-reactive ketones (excluding diaryl/α,β-unsaturated/α-hetero) is 1. The Hall–Kier alpha value is -1.70. The van der Waals surface area contributed by atoms with Gasteiger partial charge in [-0.2, -0.15) is 0 Å². The highest BCUT2D eigenvalue weighted by molar-refractivity contribution is 6.00. The highest BCUT2D eigenvalue weighted by Crippen LogP contribution is 2.39. The van der Waals surface area contributed by atoms with Gasteiger partial charge >= 0.3 is 0 Å². The van der Waals surface area contributed by atoms with Crippen molar-refractivity contribution in [3.63, 3.8) is 0 Å². The van der Waals surface area contributed by atoms with Crippen LogP contribution in [0, 0.1) is 11.3 Å². The molecule has 1 saturated carbocycles.